The van der Waals surface area contributed by atoms with E-state index in [1.54, 1.807) is 0 Å². The van der Waals surface area contributed by atoms with E-state index in [0.29, 0.717) is 5.92 Å². The van der Waals surface area contributed by atoms with Crippen molar-refractivity contribution in [2.24, 2.45) is 5.92 Å². The van der Waals surface area contributed by atoms with Crippen LogP contribution in [0.1, 0.15) is 32.6 Å². The highest BCUT2D eigenvalue weighted by Gasteiger charge is 2.35. The van der Waals surface area contributed by atoms with Gasteiger partial charge in [0.05, 0.1) is 29.5 Å². The average Bonchev–Trinajstić information content (AvgIpc) is 2.87. The van der Waals surface area contributed by atoms with E-state index in [9.17, 15) is 20.0 Å². The third kappa shape index (κ3) is 3.78. The van der Waals surface area contributed by atoms with Gasteiger partial charge in [-0.2, -0.15) is 4.68 Å². The number of nitrogens with zero attached hydrogens (tertiary/aromatic N) is 3. The first-order valence-electron chi connectivity index (χ1n) is 7.04. The quantitative estimate of drug-likeness (QED) is 0.618. The van der Waals surface area contributed by atoms with Crippen LogP contribution in [0.25, 0.3) is 0 Å². The van der Waals surface area contributed by atoms with Crippen LogP contribution < -0.4 is 5.32 Å². The molecule has 21 heavy (non-hydrogen) atoms. The van der Waals surface area contributed by atoms with Gasteiger partial charge in [-0.3, -0.25) is 4.79 Å². The molecule has 2 atom stereocenters. The van der Waals surface area contributed by atoms with E-state index in [-0.39, 0.29) is 24.9 Å². The van der Waals surface area contributed by atoms with E-state index in [1.807, 2.05) is 0 Å². The van der Waals surface area contributed by atoms with Crippen LogP contribution in [0.15, 0.2) is 12.3 Å². The van der Waals surface area contributed by atoms with Crippen LogP contribution in [-0.4, -0.2) is 37.9 Å². The summed E-state index contributed by atoms with van der Waals surface area (Å²) < 4.78 is 1.23. The van der Waals surface area contributed by atoms with Gasteiger partial charge in [0.2, 0.25) is 5.91 Å². The number of rotatable bonds is 5. The predicted molar refractivity (Wildman–Crippen MR) is 74.5 cm³/mol. The Morgan fingerprint density at radius 3 is 3.05 bits per heavy atom. The summed E-state index contributed by atoms with van der Waals surface area (Å²) in [5.41, 5.74) is -0.576. The lowest BCUT2D eigenvalue weighted by molar-refractivity contribution is -0.389. The Balaban J connectivity index is 1.97. The van der Waals surface area contributed by atoms with Crippen LogP contribution in [0.5, 0.6) is 0 Å². The van der Waals surface area contributed by atoms with Crippen LogP contribution >= 0.6 is 0 Å². The molecule has 2 unspecified atom stereocenters. The SMILES string of the molecule is CC1CCCC(CO)(NC(=O)Cn2ccc([N+](=O)[O-])n2)C1. The standard InChI is InChI=1S/C13H20N4O4/c1-10-3-2-5-13(7-10,9-18)14-12(19)8-16-6-4-11(15-16)17(20)21/h4,6,10,18H,2-3,5,7-9H2,1H3,(H,14,19). The van der Waals surface area contributed by atoms with Crippen LogP contribution in [-0.2, 0) is 11.3 Å². The number of nitrogens with one attached hydrogen (secondary N) is 1. The van der Waals surface area contributed by atoms with Gasteiger partial charge in [0.25, 0.3) is 0 Å². The van der Waals surface area contributed by atoms with Gasteiger partial charge < -0.3 is 20.5 Å². The largest absolute Gasteiger partial charge is 0.394 e. The van der Waals surface area contributed by atoms with Crippen molar-refractivity contribution in [2.45, 2.75) is 44.7 Å². The Kier molecular flexibility index (Phi) is 4.56. The molecule has 1 heterocycles. The molecule has 0 spiro atoms. The van der Waals surface area contributed by atoms with Gasteiger partial charge in [-0.15, -0.1) is 0 Å². The van der Waals surface area contributed by atoms with E-state index in [2.05, 4.69) is 17.3 Å². The summed E-state index contributed by atoms with van der Waals surface area (Å²) in [5, 5.41) is 26.8. The van der Waals surface area contributed by atoms with Gasteiger partial charge in [-0.05, 0) is 23.7 Å². The summed E-state index contributed by atoms with van der Waals surface area (Å²) >= 11 is 0. The molecule has 0 saturated heterocycles. The maximum atomic E-state index is 12.1. The second-order valence-corrected chi connectivity index (χ2v) is 5.82. The molecule has 2 N–H and O–H groups in total. The summed E-state index contributed by atoms with van der Waals surface area (Å²) in [5.74, 6) is -0.126. The first-order valence-corrected chi connectivity index (χ1v) is 7.04. The number of carbonyl (C=O) groups excluding carboxylic acids is 1. The van der Waals surface area contributed by atoms with Crippen LogP contribution in [0.3, 0.4) is 0 Å². The summed E-state index contributed by atoms with van der Waals surface area (Å²) in [6, 6.07) is 1.25. The van der Waals surface area contributed by atoms with Gasteiger partial charge in [0.15, 0.2) is 0 Å². The second kappa shape index (κ2) is 6.21. The molecule has 1 saturated carbocycles. The number of carbonyl (C=O) groups is 1. The molecular weight excluding hydrogens is 276 g/mol. The Labute approximate surface area is 122 Å². The van der Waals surface area contributed by atoms with E-state index in [0.717, 1.165) is 25.7 Å². The highest BCUT2D eigenvalue weighted by Crippen LogP contribution is 2.31. The lowest BCUT2D eigenvalue weighted by atomic mass is 9.77. The van der Waals surface area contributed by atoms with Crippen molar-refractivity contribution < 1.29 is 14.8 Å². The van der Waals surface area contributed by atoms with Crippen molar-refractivity contribution in [3.8, 4) is 0 Å². The number of hydrogen-bond donors (Lipinski definition) is 2. The number of aliphatic hydroxyl groups is 1. The van der Waals surface area contributed by atoms with Gasteiger partial charge in [-0.1, -0.05) is 19.8 Å². The van der Waals surface area contributed by atoms with Crippen LogP contribution in [0, 0.1) is 16.0 Å². The summed E-state index contributed by atoms with van der Waals surface area (Å²) in [4.78, 5) is 22.0. The Morgan fingerprint density at radius 1 is 1.71 bits per heavy atom. The molecule has 8 nitrogen and oxygen atoms in total. The number of hydrogen-bond acceptors (Lipinski definition) is 5. The first kappa shape index (κ1) is 15.4. The van der Waals surface area contributed by atoms with Gasteiger partial charge >= 0.3 is 5.82 Å². The minimum absolute atomic E-state index is 0.0933. The minimum atomic E-state index is -0.605. The van der Waals surface area contributed by atoms with E-state index >= 15 is 0 Å². The molecule has 0 radical (unpaired) electrons. The van der Waals surface area contributed by atoms with E-state index in [1.165, 1.54) is 16.9 Å². The fourth-order valence-corrected chi connectivity index (χ4v) is 2.98. The number of nitro groups is 1. The molecule has 1 aliphatic rings. The number of aliphatic hydroxyl groups excluding tert-OH is 1. The molecule has 1 amide bonds. The maximum absolute atomic E-state index is 12.1. The molecule has 0 aliphatic heterocycles. The minimum Gasteiger partial charge on any atom is -0.394 e. The molecule has 1 aromatic heterocycles. The summed E-state index contributed by atoms with van der Waals surface area (Å²) in [6.45, 7) is 1.92. The number of amides is 1. The zero-order valence-corrected chi connectivity index (χ0v) is 12.0. The normalized spacial score (nSPS) is 25.5. The Bertz CT molecular complexity index is 530. The fourth-order valence-electron chi connectivity index (χ4n) is 2.98. The highest BCUT2D eigenvalue weighted by molar-refractivity contribution is 5.76. The third-order valence-corrected chi connectivity index (χ3v) is 3.92. The molecule has 1 aliphatic carbocycles. The zero-order valence-electron chi connectivity index (χ0n) is 12.0. The van der Waals surface area contributed by atoms with Gasteiger partial charge in [0, 0.05) is 0 Å². The molecular formula is C13H20N4O4. The van der Waals surface area contributed by atoms with Crippen molar-refractivity contribution >= 4 is 11.7 Å². The van der Waals surface area contributed by atoms with Crippen LogP contribution in [0.4, 0.5) is 5.82 Å². The zero-order chi connectivity index (χ0) is 15.5. The third-order valence-electron chi connectivity index (χ3n) is 3.92. The molecule has 1 aromatic rings. The Hall–Kier alpha value is -1.96. The predicted octanol–water partition coefficient (Wildman–Crippen LogP) is 0.849. The van der Waals surface area contributed by atoms with Crippen molar-refractivity contribution in [1.29, 1.82) is 0 Å². The lowest BCUT2D eigenvalue weighted by Crippen LogP contribution is -2.54. The second-order valence-electron chi connectivity index (χ2n) is 5.82. The van der Waals surface area contributed by atoms with Crippen molar-refractivity contribution in [2.75, 3.05) is 6.61 Å². The molecule has 0 bridgehead atoms. The summed E-state index contributed by atoms with van der Waals surface area (Å²) in [6.07, 6.45) is 4.96. The van der Waals surface area contributed by atoms with Crippen molar-refractivity contribution in [1.82, 2.24) is 15.1 Å². The lowest BCUT2D eigenvalue weighted by Gasteiger charge is -2.39. The molecule has 2 rings (SSSR count). The fraction of sp³-hybridized carbons (Fsp3) is 0.692. The topological polar surface area (TPSA) is 110 Å². The number of aromatic nitrogens is 2. The Morgan fingerprint density at radius 2 is 2.48 bits per heavy atom. The van der Waals surface area contributed by atoms with Crippen molar-refractivity contribution in [3.63, 3.8) is 0 Å². The van der Waals surface area contributed by atoms with E-state index < -0.39 is 10.5 Å². The molecule has 8 heteroatoms. The summed E-state index contributed by atoms with van der Waals surface area (Å²) in [7, 11) is 0. The average molecular weight is 296 g/mol. The van der Waals surface area contributed by atoms with Crippen LogP contribution in [0.2, 0.25) is 0 Å². The molecule has 1 fully saturated rings. The molecule has 0 aromatic carbocycles. The smallest absolute Gasteiger partial charge is 0.389 e. The van der Waals surface area contributed by atoms with E-state index in [4.69, 9.17) is 0 Å². The highest BCUT2D eigenvalue weighted by atomic mass is 16.6. The molecule has 116 valence electrons. The van der Waals surface area contributed by atoms with Crippen molar-refractivity contribution in [3.05, 3.63) is 22.4 Å². The van der Waals surface area contributed by atoms with Gasteiger partial charge in [0.1, 0.15) is 6.54 Å². The maximum Gasteiger partial charge on any atom is 0.389 e. The monoisotopic (exact) mass is 296 g/mol. The van der Waals surface area contributed by atoms with Gasteiger partial charge in [-0.25, -0.2) is 0 Å². The first-order chi connectivity index (χ1) is 9.94.